The van der Waals surface area contributed by atoms with Gasteiger partial charge in [-0.2, -0.15) is 0 Å². The molecule has 15 rings (SSSR count). The normalized spacial score (nSPS) is 13.6. The van der Waals surface area contributed by atoms with Crippen molar-refractivity contribution in [2.45, 2.75) is 39.9 Å². The molecule has 0 aliphatic rings. The van der Waals surface area contributed by atoms with E-state index in [1.165, 1.54) is 5.56 Å². The van der Waals surface area contributed by atoms with Crippen molar-refractivity contribution >= 4 is 70.9 Å². The number of pyridine rings is 1. The first kappa shape index (κ1) is 41.1. The Bertz CT molecular complexity index is 5190. The Morgan fingerprint density at radius 2 is 1.08 bits per heavy atom. The molecule has 0 radical (unpaired) electrons. The maximum absolute atomic E-state index is 8.86. The molecule has 0 aliphatic carbocycles. The zero-order valence-electron chi connectivity index (χ0n) is 49.2. The average molecular weight is 1200 g/mol. The van der Waals surface area contributed by atoms with Gasteiger partial charge in [0.05, 0.1) is 16.6 Å². The van der Waals surface area contributed by atoms with E-state index in [-0.39, 0.29) is 28.0 Å². The zero-order chi connectivity index (χ0) is 58.3. The monoisotopic (exact) mass is 1200 g/mol. The summed E-state index contributed by atoms with van der Waals surface area (Å²) < 4.78 is 69.5. The SMILES string of the molecule is [2H]C([2H])([2H])c1ccc(-n2[c](=[Pt])n(-c3c(-c4ccccc4)cc(C(C)(C)C)cc3-c3ccccc3)c3ccccc32)[c-]c1Oc1[c-]c2c(cc1)c1cc3c4cccc5c6ccccc6n(c3cc1n2-c1cc(C([2H])([2H])[2H])c(-c2ccccc2)cn1)c54. The molecule has 7 heteroatoms. The van der Waals surface area contributed by atoms with Crippen molar-refractivity contribution in [2.24, 2.45) is 0 Å². The predicted octanol–water partition coefficient (Wildman–Crippen LogP) is 18.5. The van der Waals surface area contributed by atoms with Crippen LogP contribution in [0.2, 0.25) is 0 Å². The standard InChI is InChI=1S/C72H51N5O.Pt/c1-45-32-33-51(74-44-75(64-31-18-17-30-63(64)74)70-57(47-20-9-6-10-21-47)37-50(72(3,4)5)38-58(70)48-22-11-7-12-23-48)39-68(45)78-52-34-35-54-59-41-60-56-28-19-27-55-53-26-15-16-29-62(53)77(71(55)56)67(60)42-66(59)76(65(54)40-52)69-36-46(2)61(43-73-69)49-24-13-8-14-25-49;/h6-38,41-43H,1-5H3;/q-2;/i1D3,2D3;. The van der Waals surface area contributed by atoms with Crippen molar-refractivity contribution in [1.29, 1.82) is 0 Å². The second-order valence-electron chi connectivity index (χ2n) is 21.3. The quantitative estimate of drug-likeness (QED) is 0.142. The van der Waals surface area contributed by atoms with Crippen LogP contribution in [0, 0.1) is 29.6 Å². The molecule has 0 fully saturated rings. The van der Waals surface area contributed by atoms with Crippen molar-refractivity contribution in [3.05, 3.63) is 251 Å². The summed E-state index contributed by atoms with van der Waals surface area (Å²) in [7, 11) is 0. The third kappa shape index (κ3) is 7.42. The molecular formula is C72H51N5OPt-2. The maximum atomic E-state index is 8.86. The third-order valence-electron chi connectivity index (χ3n) is 15.6. The molecular weight excluding hydrogens is 1150 g/mol. The number of benzene rings is 10. The number of ether oxygens (including phenoxy) is 1. The average Bonchev–Trinajstić information content (AvgIpc) is 1.58. The van der Waals surface area contributed by atoms with Crippen LogP contribution in [0.5, 0.6) is 11.5 Å². The Morgan fingerprint density at radius 3 is 1.75 bits per heavy atom. The van der Waals surface area contributed by atoms with Gasteiger partial charge in [-0.25, -0.2) is 0 Å². The zero-order valence-corrected chi connectivity index (χ0v) is 45.5. The molecule has 5 heterocycles. The fourth-order valence-electron chi connectivity index (χ4n) is 11.9. The van der Waals surface area contributed by atoms with Crippen molar-refractivity contribution in [1.82, 2.24) is 23.1 Å². The molecule has 0 aliphatic heterocycles. The number of rotatable bonds is 8. The van der Waals surface area contributed by atoms with E-state index in [1.807, 2.05) is 65.2 Å². The first-order chi connectivity index (χ1) is 41.0. The van der Waals surface area contributed by atoms with Gasteiger partial charge in [-0.3, -0.25) is 0 Å². The topological polar surface area (TPSA) is 41.3 Å². The van der Waals surface area contributed by atoms with Crippen molar-refractivity contribution in [2.75, 3.05) is 0 Å². The van der Waals surface area contributed by atoms with Gasteiger partial charge in [-0.15, -0.1) is 0 Å². The number of hydrogen-bond acceptors (Lipinski definition) is 2. The fraction of sp³-hybridized carbons (Fsp3) is 0.0833. The Morgan fingerprint density at radius 1 is 0.481 bits per heavy atom. The van der Waals surface area contributed by atoms with Gasteiger partial charge in [0.15, 0.2) is 0 Å². The summed E-state index contributed by atoms with van der Waals surface area (Å²) >= 11 is 2.39. The predicted molar refractivity (Wildman–Crippen MR) is 321 cm³/mol. The fourth-order valence-corrected chi connectivity index (χ4v) is 13.0. The van der Waals surface area contributed by atoms with Crippen LogP contribution in [0.3, 0.4) is 0 Å². The van der Waals surface area contributed by atoms with Crippen LogP contribution in [0.25, 0.3) is 122 Å². The summed E-state index contributed by atoms with van der Waals surface area (Å²) in [4.78, 5) is 5.07. The molecule has 15 aromatic rings. The van der Waals surface area contributed by atoms with E-state index in [0.717, 1.165) is 103 Å². The summed E-state index contributed by atoms with van der Waals surface area (Å²) in [5.41, 5.74) is 14.5. The minimum atomic E-state index is -2.60. The molecule has 5 aromatic heterocycles. The van der Waals surface area contributed by atoms with Crippen molar-refractivity contribution in [3.8, 4) is 62.1 Å². The summed E-state index contributed by atoms with van der Waals surface area (Å²) in [5.74, 6) is 0.606. The molecule has 0 spiro atoms. The molecule has 0 N–H and O–H groups in total. The van der Waals surface area contributed by atoms with Gasteiger partial charge in [0, 0.05) is 37.4 Å². The van der Waals surface area contributed by atoms with Gasteiger partial charge in [-0.1, -0.05) is 66.7 Å². The van der Waals surface area contributed by atoms with Crippen LogP contribution in [-0.2, 0) is 24.8 Å². The Balaban J connectivity index is 0.945. The second-order valence-corrected chi connectivity index (χ2v) is 22.3. The van der Waals surface area contributed by atoms with Gasteiger partial charge in [0.1, 0.15) is 0 Å². The molecule has 0 unspecified atom stereocenters. The van der Waals surface area contributed by atoms with Crippen molar-refractivity contribution in [3.63, 3.8) is 0 Å². The first-order valence-electron chi connectivity index (χ1n) is 29.4. The minimum absolute atomic E-state index is 0.00903. The van der Waals surface area contributed by atoms with Gasteiger partial charge in [0.25, 0.3) is 0 Å². The molecule has 10 aromatic carbocycles. The van der Waals surface area contributed by atoms with E-state index < -0.39 is 13.7 Å². The Hall–Kier alpha value is -9.09. The van der Waals surface area contributed by atoms with Gasteiger partial charge < -0.3 is 4.40 Å². The molecule has 0 atom stereocenters. The summed E-state index contributed by atoms with van der Waals surface area (Å²) in [6, 6.07) is 78.4. The number of aromatic nitrogens is 5. The number of aryl methyl sites for hydroxylation is 2. The molecule has 0 bridgehead atoms. The van der Waals surface area contributed by atoms with E-state index >= 15 is 0 Å². The van der Waals surface area contributed by atoms with Gasteiger partial charge in [-0.05, 0) is 24.0 Å². The molecule has 79 heavy (non-hydrogen) atoms. The molecule has 382 valence electrons. The second kappa shape index (κ2) is 18.0. The summed E-state index contributed by atoms with van der Waals surface area (Å²) in [6.45, 7) is 1.63. The number of para-hydroxylation sites is 4. The molecule has 0 amide bonds. The number of imidazole rings is 1. The van der Waals surface area contributed by atoms with Gasteiger partial charge >= 0.3 is 330 Å². The molecule has 0 saturated heterocycles. The van der Waals surface area contributed by atoms with E-state index in [2.05, 4.69) is 193 Å². The number of fused-ring (bicyclic) bond motifs is 10. The number of nitrogens with zero attached hydrogens (tertiary/aromatic N) is 5. The van der Waals surface area contributed by atoms with Crippen molar-refractivity contribution < 1.29 is 32.3 Å². The van der Waals surface area contributed by atoms with E-state index in [4.69, 9.17) is 17.9 Å². The van der Waals surface area contributed by atoms with Crippen LogP contribution in [0.15, 0.2) is 219 Å². The Labute approximate surface area is 476 Å². The van der Waals surface area contributed by atoms with E-state index in [9.17, 15) is 0 Å². The molecule has 0 saturated carbocycles. The summed E-state index contributed by atoms with van der Waals surface area (Å²) in [6.07, 6.45) is 1.64. The minimum Gasteiger partial charge on any atom is -0.0622 e. The van der Waals surface area contributed by atoms with E-state index in [0.29, 0.717) is 22.6 Å². The first-order valence-corrected chi connectivity index (χ1v) is 27.5. The van der Waals surface area contributed by atoms with Crippen LogP contribution in [0.1, 0.15) is 45.7 Å². The van der Waals surface area contributed by atoms with Gasteiger partial charge in [0.2, 0.25) is 0 Å². The summed E-state index contributed by atoms with van der Waals surface area (Å²) in [5, 5.41) is 6.19. The smallest absolute Gasteiger partial charge is 0.0622 e. The van der Waals surface area contributed by atoms with Crippen LogP contribution >= 0.6 is 0 Å². The van der Waals surface area contributed by atoms with E-state index in [1.54, 1.807) is 30.5 Å². The van der Waals surface area contributed by atoms with Crippen LogP contribution in [0.4, 0.5) is 0 Å². The van der Waals surface area contributed by atoms with Crippen LogP contribution < -0.4 is 4.74 Å². The Kier molecular flexibility index (Phi) is 9.35. The molecule has 6 nitrogen and oxygen atoms in total. The number of hydrogen-bond donors (Lipinski definition) is 0. The van der Waals surface area contributed by atoms with Crippen LogP contribution in [-0.4, -0.2) is 23.1 Å². The third-order valence-corrected chi connectivity index (χ3v) is 16.6.